The molecular formula is C14H21NO4S. The lowest BCUT2D eigenvalue weighted by atomic mass is 10.1. The molecule has 2 N–H and O–H groups in total. The Morgan fingerprint density at radius 1 is 1.30 bits per heavy atom. The van der Waals surface area contributed by atoms with Gasteiger partial charge in [-0.1, -0.05) is 25.5 Å². The normalized spacial score (nSPS) is 13.1. The van der Waals surface area contributed by atoms with E-state index in [1.165, 1.54) is 12.1 Å². The second-order valence-corrected chi connectivity index (χ2v) is 6.56. The van der Waals surface area contributed by atoms with Crippen LogP contribution in [0.2, 0.25) is 0 Å². The molecule has 0 amide bonds. The van der Waals surface area contributed by atoms with E-state index in [0.29, 0.717) is 6.42 Å². The van der Waals surface area contributed by atoms with Crippen LogP contribution in [0.1, 0.15) is 38.7 Å². The second kappa shape index (κ2) is 7.40. The van der Waals surface area contributed by atoms with E-state index in [-0.39, 0.29) is 17.4 Å². The Bertz CT molecular complexity index is 537. The third-order valence-electron chi connectivity index (χ3n) is 2.94. The Morgan fingerprint density at radius 2 is 1.90 bits per heavy atom. The molecule has 0 aliphatic heterocycles. The second-order valence-electron chi connectivity index (χ2n) is 4.85. The van der Waals surface area contributed by atoms with Crippen molar-refractivity contribution < 1.29 is 18.3 Å². The Labute approximate surface area is 120 Å². The van der Waals surface area contributed by atoms with E-state index in [9.17, 15) is 13.2 Å². The number of hydrogen-bond donors (Lipinski definition) is 2. The van der Waals surface area contributed by atoms with Gasteiger partial charge in [0.25, 0.3) is 0 Å². The predicted molar refractivity (Wildman–Crippen MR) is 77.1 cm³/mol. The lowest BCUT2D eigenvalue weighted by Gasteiger charge is -2.13. The molecule has 112 valence electrons. The van der Waals surface area contributed by atoms with Gasteiger partial charge in [-0.15, -0.1) is 0 Å². The highest BCUT2D eigenvalue weighted by Gasteiger charge is 2.16. The van der Waals surface area contributed by atoms with Crippen LogP contribution in [-0.2, 0) is 21.2 Å². The van der Waals surface area contributed by atoms with Crippen LogP contribution in [0.15, 0.2) is 29.2 Å². The van der Waals surface area contributed by atoms with Crippen LogP contribution in [0.4, 0.5) is 0 Å². The first-order chi connectivity index (χ1) is 9.35. The van der Waals surface area contributed by atoms with Crippen molar-refractivity contribution in [1.82, 2.24) is 4.72 Å². The topological polar surface area (TPSA) is 83.5 Å². The van der Waals surface area contributed by atoms with Gasteiger partial charge in [0.05, 0.1) is 4.90 Å². The molecule has 0 aliphatic rings. The average molecular weight is 299 g/mol. The number of rotatable bonds is 8. The molecule has 0 fully saturated rings. The third kappa shape index (κ3) is 5.30. The molecule has 1 unspecified atom stereocenters. The SMILES string of the molecule is CCCC(C)NS(=O)(=O)c1ccc(CCC(=O)O)cc1. The van der Waals surface area contributed by atoms with Gasteiger partial charge in [0.1, 0.15) is 0 Å². The largest absolute Gasteiger partial charge is 0.481 e. The number of aliphatic carboxylic acids is 1. The van der Waals surface area contributed by atoms with Crippen LogP contribution < -0.4 is 4.72 Å². The van der Waals surface area contributed by atoms with E-state index in [1.807, 2.05) is 13.8 Å². The van der Waals surface area contributed by atoms with Gasteiger partial charge in [0, 0.05) is 12.5 Å². The molecule has 1 aromatic carbocycles. The predicted octanol–water partition coefficient (Wildman–Crippen LogP) is 2.17. The zero-order chi connectivity index (χ0) is 15.2. The summed E-state index contributed by atoms with van der Waals surface area (Å²) in [7, 11) is -3.50. The quantitative estimate of drug-likeness (QED) is 0.770. The molecule has 1 atom stereocenters. The maximum atomic E-state index is 12.1. The van der Waals surface area contributed by atoms with Gasteiger partial charge in [-0.05, 0) is 37.5 Å². The Balaban J connectivity index is 2.74. The van der Waals surface area contributed by atoms with Gasteiger partial charge in [-0.3, -0.25) is 4.79 Å². The van der Waals surface area contributed by atoms with Crippen molar-refractivity contribution in [3.63, 3.8) is 0 Å². The minimum Gasteiger partial charge on any atom is -0.481 e. The van der Waals surface area contributed by atoms with Gasteiger partial charge in [-0.25, -0.2) is 13.1 Å². The van der Waals surface area contributed by atoms with Crippen LogP contribution in [0.5, 0.6) is 0 Å². The standard InChI is InChI=1S/C14H21NO4S/c1-3-4-11(2)15-20(18,19)13-8-5-12(6-9-13)7-10-14(16)17/h5-6,8-9,11,15H,3-4,7,10H2,1-2H3,(H,16,17). The number of aryl methyl sites for hydroxylation is 1. The maximum Gasteiger partial charge on any atom is 0.303 e. The molecule has 20 heavy (non-hydrogen) atoms. The highest BCUT2D eigenvalue weighted by atomic mass is 32.2. The maximum absolute atomic E-state index is 12.1. The van der Waals surface area contributed by atoms with Crippen LogP contribution in [0, 0.1) is 0 Å². The molecule has 0 heterocycles. The summed E-state index contributed by atoms with van der Waals surface area (Å²) in [5, 5.41) is 8.60. The van der Waals surface area contributed by atoms with Crippen molar-refractivity contribution in [1.29, 1.82) is 0 Å². The highest BCUT2D eigenvalue weighted by molar-refractivity contribution is 7.89. The molecule has 0 spiro atoms. The first kappa shape index (κ1) is 16.7. The van der Waals surface area contributed by atoms with E-state index in [4.69, 9.17) is 5.11 Å². The van der Waals surface area contributed by atoms with Gasteiger partial charge in [0.15, 0.2) is 0 Å². The number of benzene rings is 1. The molecule has 0 radical (unpaired) electrons. The molecular weight excluding hydrogens is 278 g/mol. The van der Waals surface area contributed by atoms with Crippen molar-refractivity contribution in [2.24, 2.45) is 0 Å². The first-order valence-corrected chi connectivity index (χ1v) is 8.16. The molecule has 0 aliphatic carbocycles. The number of sulfonamides is 1. The fourth-order valence-corrected chi connectivity index (χ4v) is 3.19. The number of hydrogen-bond acceptors (Lipinski definition) is 3. The fraction of sp³-hybridized carbons (Fsp3) is 0.500. The minimum absolute atomic E-state index is 0.0396. The van der Waals surface area contributed by atoms with Crippen molar-refractivity contribution in [2.75, 3.05) is 0 Å². The lowest BCUT2D eigenvalue weighted by Crippen LogP contribution is -2.32. The molecule has 1 rings (SSSR count). The van der Waals surface area contributed by atoms with Gasteiger partial charge in [0.2, 0.25) is 10.0 Å². The Hall–Kier alpha value is -1.40. The van der Waals surface area contributed by atoms with Crippen LogP contribution in [0.25, 0.3) is 0 Å². The summed E-state index contributed by atoms with van der Waals surface area (Å²) in [5.74, 6) is -0.864. The Kier molecular flexibility index (Phi) is 6.16. The number of carbonyl (C=O) groups is 1. The average Bonchev–Trinajstić information content (AvgIpc) is 2.36. The van der Waals surface area contributed by atoms with Crippen LogP contribution in [0.3, 0.4) is 0 Å². The van der Waals surface area contributed by atoms with E-state index < -0.39 is 16.0 Å². The molecule has 1 aromatic rings. The van der Waals surface area contributed by atoms with Crippen molar-refractivity contribution >= 4 is 16.0 Å². The van der Waals surface area contributed by atoms with E-state index in [1.54, 1.807) is 12.1 Å². The van der Waals surface area contributed by atoms with Crippen molar-refractivity contribution in [3.05, 3.63) is 29.8 Å². The molecule has 0 aromatic heterocycles. The summed E-state index contributed by atoms with van der Waals surface area (Å²) >= 11 is 0. The smallest absolute Gasteiger partial charge is 0.303 e. The van der Waals surface area contributed by atoms with E-state index in [2.05, 4.69) is 4.72 Å². The highest BCUT2D eigenvalue weighted by Crippen LogP contribution is 2.13. The zero-order valence-corrected chi connectivity index (χ0v) is 12.6. The Morgan fingerprint density at radius 3 is 2.40 bits per heavy atom. The summed E-state index contributed by atoms with van der Waals surface area (Å²) in [6, 6.07) is 6.23. The van der Waals surface area contributed by atoms with Crippen LogP contribution >= 0.6 is 0 Å². The summed E-state index contributed by atoms with van der Waals surface area (Å²) in [6.07, 6.45) is 2.14. The number of nitrogens with one attached hydrogen (secondary N) is 1. The first-order valence-electron chi connectivity index (χ1n) is 6.68. The van der Waals surface area contributed by atoms with Crippen molar-refractivity contribution in [2.45, 2.75) is 50.5 Å². The molecule has 0 saturated carbocycles. The summed E-state index contributed by atoms with van der Waals surface area (Å²) in [5.41, 5.74) is 0.813. The van der Waals surface area contributed by atoms with E-state index >= 15 is 0 Å². The molecule has 0 saturated heterocycles. The number of carboxylic acid groups (broad SMARTS) is 1. The van der Waals surface area contributed by atoms with Crippen LogP contribution in [-0.4, -0.2) is 25.5 Å². The minimum atomic E-state index is -3.50. The lowest BCUT2D eigenvalue weighted by molar-refractivity contribution is -0.136. The monoisotopic (exact) mass is 299 g/mol. The third-order valence-corrected chi connectivity index (χ3v) is 4.54. The van der Waals surface area contributed by atoms with Gasteiger partial charge < -0.3 is 5.11 Å². The fourth-order valence-electron chi connectivity index (χ4n) is 1.91. The number of carboxylic acids is 1. The summed E-state index contributed by atoms with van der Waals surface area (Å²) in [6.45, 7) is 3.84. The molecule has 5 nitrogen and oxygen atoms in total. The molecule has 0 bridgehead atoms. The summed E-state index contributed by atoms with van der Waals surface area (Å²) < 4.78 is 26.8. The summed E-state index contributed by atoms with van der Waals surface area (Å²) in [4.78, 5) is 10.7. The zero-order valence-electron chi connectivity index (χ0n) is 11.8. The molecule has 6 heteroatoms. The van der Waals surface area contributed by atoms with E-state index in [0.717, 1.165) is 18.4 Å². The van der Waals surface area contributed by atoms with Crippen molar-refractivity contribution in [3.8, 4) is 0 Å². The van der Waals surface area contributed by atoms with Gasteiger partial charge in [-0.2, -0.15) is 0 Å². The van der Waals surface area contributed by atoms with Gasteiger partial charge >= 0.3 is 5.97 Å².